The molecule has 0 atom stereocenters. The van der Waals surface area contributed by atoms with Crippen LogP contribution >= 0.6 is 0 Å². The minimum Gasteiger partial charge on any atom is -0.480 e. The first-order valence-corrected chi connectivity index (χ1v) is 11.2. The van der Waals surface area contributed by atoms with Crippen LogP contribution in [0.5, 0.6) is 5.88 Å². The third-order valence-electron chi connectivity index (χ3n) is 5.74. The molecule has 2 N–H and O–H groups in total. The number of pyridine rings is 1. The molecule has 0 bridgehead atoms. The summed E-state index contributed by atoms with van der Waals surface area (Å²) in [6.45, 7) is 1.74. The Morgan fingerprint density at radius 2 is 1.57 bits per heavy atom. The van der Waals surface area contributed by atoms with Crippen LogP contribution in [0.2, 0.25) is 0 Å². The molecule has 188 valence electrons. The van der Waals surface area contributed by atoms with Gasteiger partial charge in [0, 0.05) is 11.8 Å². The molecule has 5 aromatic rings. The van der Waals surface area contributed by atoms with Crippen molar-refractivity contribution in [2.45, 2.75) is 13.1 Å². The molecule has 3 aromatic heterocycles. The van der Waals surface area contributed by atoms with Crippen molar-refractivity contribution in [2.75, 3.05) is 17.7 Å². The van der Waals surface area contributed by atoms with E-state index in [2.05, 4.69) is 20.7 Å². The van der Waals surface area contributed by atoms with Gasteiger partial charge < -0.3 is 4.74 Å². The van der Waals surface area contributed by atoms with Crippen LogP contribution in [0.15, 0.2) is 79.0 Å². The molecule has 0 spiro atoms. The fourth-order valence-corrected chi connectivity index (χ4v) is 4.02. The number of rotatable bonds is 5. The molecule has 0 aliphatic rings. The average molecular weight is 506 g/mol. The number of methoxy groups -OCH3 is 1. The Balaban J connectivity index is 1.58. The highest BCUT2D eigenvalue weighted by Crippen LogP contribution is 2.36. The van der Waals surface area contributed by atoms with Gasteiger partial charge in [0.05, 0.1) is 23.9 Å². The van der Waals surface area contributed by atoms with Crippen LogP contribution < -0.4 is 15.4 Å². The molecule has 0 saturated heterocycles. The number of carbonyl (C=O) groups excluding carboxylic acids is 1. The quantitative estimate of drug-likeness (QED) is 0.299. The average Bonchev–Trinajstić information content (AvgIpc) is 3.42. The number of imidazole rings is 1. The molecular formula is C26H21F3N6O2. The molecule has 2 amide bonds. The molecule has 0 aliphatic carbocycles. The maximum absolute atomic E-state index is 13.7. The molecule has 0 fully saturated rings. The standard InChI is InChI=1S/C26H21F3N6O2/c1-16-21(35(33-24(16)37-2)18-12-7-4-8-13-18)31-25(36)32-23-20(17-10-5-3-6-11-17)30-22-19(26(27,28)29)14-9-15-34(22)23/h3-15H,1-2H3,(H2,31,32,36). The number of benzene rings is 2. The molecule has 8 nitrogen and oxygen atoms in total. The molecule has 3 heterocycles. The van der Waals surface area contributed by atoms with E-state index < -0.39 is 17.8 Å². The van der Waals surface area contributed by atoms with Crippen LogP contribution in [0.25, 0.3) is 22.6 Å². The molecule has 5 rings (SSSR count). The lowest BCUT2D eigenvalue weighted by molar-refractivity contribution is -0.136. The lowest BCUT2D eigenvalue weighted by Crippen LogP contribution is -2.23. The summed E-state index contributed by atoms with van der Waals surface area (Å²) in [5.74, 6) is 0.737. The Bertz CT molecular complexity index is 1580. The maximum Gasteiger partial charge on any atom is 0.419 e. The van der Waals surface area contributed by atoms with Crippen molar-refractivity contribution in [2.24, 2.45) is 0 Å². The fraction of sp³-hybridized carbons (Fsp3) is 0.115. The van der Waals surface area contributed by atoms with E-state index in [1.807, 2.05) is 30.3 Å². The molecule has 2 aromatic carbocycles. The first kappa shape index (κ1) is 23.9. The molecular weight excluding hydrogens is 485 g/mol. The van der Waals surface area contributed by atoms with Crippen molar-refractivity contribution in [1.82, 2.24) is 19.2 Å². The van der Waals surface area contributed by atoms with E-state index in [1.54, 1.807) is 37.3 Å². The Morgan fingerprint density at radius 3 is 2.22 bits per heavy atom. The zero-order chi connectivity index (χ0) is 26.2. The van der Waals surface area contributed by atoms with Gasteiger partial charge in [0.25, 0.3) is 0 Å². The number of halogens is 3. The molecule has 0 saturated carbocycles. The molecule has 37 heavy (non-hydrogen) atoms. The minimum absolute atomic E-state index is 0.0835. The van der Waals surface area contributed by atoms with Crippen molar-refractivity contribution < 1.29 is 22.7 Å². The summed E-state index contributed by atoms with van der Waals surface area (Å²) in [7, 11) is 1.47. The predicted octanol–water partition coefficient (Wildman–Crippen LogP) is 6.17. The number of anilines is 2. The van der Waals surface area contributed by atoms with Gasteiger partial charge >= 0.3 is 12.2 Å². The van der Waals surface area contributed by atoms with E-state index in [9.17, 15) is 18.0 Å². The topological polar surface area (TPSA) is 85.5 Å². The number of alkyl halides is 3. The van der Waals surface area contributed by atoms with Gasteiger partial charge in [0.15, 0.2) is 5.65 Å². The Kier molecular flexibility index (Phi) is 6.04. The number of hydrogen-bond donors (Lipinski definition) is 2. The predicted molar refractivity (Wildman–Crippen MR) is 133 cm³/mol. The third kappa shape index (κ3) is 4.46. The second-order valence-corrected chi connectivity index (χ2v) is 8.10. The van der Waals surface area contributed by atoms with Crippen molar-refractivity contribution in [1.29, 1.82) is 0 Å². The second kappa shape index (κ2) is 9.34. The van der Waals surface area contributed by atoms with E-state index in [-0.39, 0.29) is 17.2 Å². The van der Waals surface area contributed by atoms with E-state index in [1.165, 1.54) is 28.5 Å². The molecule has 0 radical (unpaired) electrons. The van der Waals surface area contributed by atoms with Crippen molar-refractivity contribution >= 4 is 23.3 Å². The molecule has 11 heteroatoms. The van der Waals surface area contributed by atoms with E-state index in [4.69, 9.17) is 4.74 Å². The lowest BCUT2D eigenvalue weighted by atomic mass is 10.1. The van der Waals surface area contributed by atoms with Crippen molar-refractivity contribution in [3.63, 3.8) is 0 Å². The van der Waals surface area contributed by atoms with Gasteiger partial charge in [-0.25, -0.2) is 14.5 Å². The van der Waals surface area contributed by atoms with Crippen LogP contribution in [-0.4, -0.2) is 32.3 Å². The highest BCUT2D eigenvalue weighted by atomic mass is 19.4. The number of nitrogens with one attached hydrogen (secondary N) is 2. The zero-order valence-corrected chi connectivity index (χ0v) is 19.7. The number of para-hydroxylation sites is 1. The van der Waals surface area contributed by atoms with E-state index in [0.29, 0.717) is 28.5 Å². The third-order valence-corrected chi connectivity index (χ3v) is 5.74. The van der Waals surface area contributed by atoms with Gasteiger partial charge in [-0.3, -0.25) is 15.0 Å². The number of amides is 2. The Morgan fingerprint density at radius 1 is 0.919 bits per heavy atom. The number of ether oxygens (including phenoxy) is 1. The second-order valence-electron chi connectivity index (χ2n) is 8.10. The van der Waals surface area contributed by atoms with Crippen molar-refractivity contribution in [3.05, 3.63) is 90.1 Å². The van der Waals surface area contributed by atoms with E-state index >= 15 is 0 Å². The van der Waals surface area contributed by atoms with Crippen molar-refractivity contribution in [3.8, 4) is 22.8 Å². The summed E-state index contributed by atoms with van der Waals surface area (Å²) in [6.07, 6.45) is -3.21. The molecule has 0 aliphatic heterocycles. The summed E-state index contributed by atoms with van der Waals surface area (Å²) >= 11 is 0. The van der Waals surface area contributed by atoms with Crippen LogP contribution in [0, 0.1) is 6.92 Å². The van der Waals surface area contributed by atoms with Gasteiger partial charge in [0.2, 0.25) is 5.88 Å². The van der Waals surface area contributed by atoms with E-state index in [0.717, 1.165) is 6.07 Å². The smallest absolute Gasteiger partial charge is 0.419 e. The SMILES string of the molecule is COc1nn(-c2ccccc2)c(NC(=O)Nc2c(-c3ccccc3)nc3c(C(F)(F)F)cccn23)c1C. The number of urea groups is 1. The first-order chi connectivity index (χ1) is 17.8. The number of fused-ring (bicyclic) bond motifs is 1. The van der Waals surface area contributed by atoms with Crippen LogP contribution in [-0.2, 0) is 6.18 Å². The molecule has 0 unspecified atom stereocenters. The van der Waals surface area contributed by atoms with Crippen LogP contribution in [0.3, 0.4) is 0 Å². The maximum atomic E-state index is 13.7. The first-order valence-electron chi connectivity index (χ1n) is 11.2. The summed E-state index contributed by atoms with van der Waals surface area (Å²) in [5, 5.41) is 9.87. The summed E-state index contributed by atoms with van der Waals surface area (Å²) in [5.41, 5.74) is 0.751. The lowest BCUT2D eigenvalue weighted by Gasteiger charge is -2.12. The van der Waals surface area contributed by atoms with Gasteiger partial charge in [-0.2, -0.15) is 13.2 Å². The normalized spacial score (nSPS) is 11.5. The van der Waals surface area contributed by atoms with Gasteiger partial charge in [-0.15, -0.1) is 5.10 Å². The monoisotopic (exact) mass is 506 g/mol. The Hall–Kier alpha value is -4.80. The Labute approximate surface area is 209 Å². The minimum atomic E-state index is -4.63. The number of carbonyl (C=O) groups is 1. The largest absolute Gasteiger partial charge is 0.480 e. The van der Waals surface area contributed by atoms with Crippen LogP contribution in [0.4, 0.5) is 29.6 Å². The number of hydrogen-bond acceptors (Lipinski definition) is 4. The summed E-state index contributed by atoms with van der Waals surface area (Å²) in [6, 6.07) is 19.3. The number of nitrogens with zero attached hydrogens (tertiary/aromatic N) is 4. The zero-order valence-electron chi connectivity index (χ0n) is 19.7. The van der Waals surface area contributed by atoms with Crippen LogP contribution in [0.1, 0.15) is 11.1 Å². The van der Waals surface area contributed by atoms with Gasteiger partial charge in [0.1, 0.15) is 17.3 Å². The summed E-state index contributed by atoms with van der Waals surface area (Å²) < 4.78 is 49.2. The van der Waals surface area contributed by atoms with Gasteiger partial charge in [-0.05, 0) is 31.2 Å². The highest BCUT2D eigenvalue weighted by Gasteiger charge is 2.35. The summed E-state index contributed by atoms with van der Waals surface area (Å²) in [4.78, 5) is 17.5. The fourth-order valence-electron chi connectivity index (χ4n) is 4.02. The highest BCUT2D eigenvalue weighted by molar-refractivity contribution is 6.02. The number of aromatic nitrogens is 4. The van der Waals surface area contributed by atoms with Gasteiger partial charge in [-0.1, -0.05) is 48.5 Å².